The topological polar surface area (TPSA) is 20.3 Å². The van der Waals surface area contributed by atoms with Crippen molar-refractivity contribution in [1.82, 2.24) is 0 Å². The molecule has 0 bridgehead atoms. The number of amides is 1. The number of hydrogen-bond donors (Lipinski definition) is 0. The average molecular weight is 386 g/mol. The van der Waals surface area contributed by atoms with Gasteiger partial charge in [0.15, 0.2) is 0 Å². The number of aryl methyl sites for hydroxylation is 2. The third-order valence-corrected chi connectivity index (χ3v) is 5.10. The Balaban J connectivity index is 1.85. The van der Waals surface area contributed by atoms with Crippen LogP contribution in [-0.4, -0.2) is 5.91 Å². The summed E-state index contributed by atoms with van der Waals surface area (Å²) in [4.78, 5) is 15.2. The van der Waals surface area contributed by atoms with Crippen molar-refractivity contribution in [2.24, 2.45) is 0 Å². The summed E-state index contributed by atoms with van der Waals surface area (Å²) in [6, 6.07) is 23.7. The van der Waals surface area contributed by atoms with Gasteiger partial charge in [0.05, 0.1) is 11.4 Å². The molecule has 0 spiro atoms. The van der Waals surface area contributed by atoms with Crippen LogP contribution in [0, 0.1) is 13.8 Å². The van der Waals surface area contributed by atoms with Crippen LogP contribution < -0.4 is 4.90 Å². The van der Waals surface area contributed by atoms with Crippen LogP contribution in [0.15, 0.2) is 84.4 Å². The summed E-state index contributed by atoms with van der Waals surface area (Å²) in [6.07, 6.45) is 3.88. The first-order valence-corrected chi connectivity index (χ1v) is 9.57. The zero-order chi connectivity index (χ0) is 19.7. The number of carbonyl (C=O) groups excluding carboxylic acids is 1. The molecule has 138 valence electrons. The van der Waals surface area contributed by atoms with Crippen molar-refractivity contribution in [2.45, 2.75) is 13.8 Å². The Morgan fingerprint density at radius 3 is 2.32 bits per heavy atom. The lowest BCUT2D eigenvalue weighted by Crippen LogP contribution is -2.25. The highest BCUT2D eigenvalue weighted by molar-refractivity contribution is 6.30. The van der Waals surface area contributed by atoms with Gasteiger partial charge < -0.3 is 0 Å². The number of halogens is 1. The molecule has 0 N–H and O–H groups in total. The zero-order valence-electron chi connectivity index (χ0n) is 15.8. The molecule has 0 aromatic heterocycles. The van der Waals surface area contributed by atoms with E-state index in [1.807, 2.05) is 85.5 Å². The summed E-state index contributed by atoms with van der Waals surface area (Å²) in [5, 5.41) is 0.678. The Labute approximate surface area is 170 Å². The van der Waals surface area contributed by atoms with Gasteiger partial charge in [-0.2, -0.15) is 0 Å². The number of anilines is 1. The summed E-state index contributed by atoms with van der Waals surface area (Å²) in [6.45, 7) is 4.07. The molecule has 3 aromatic rings. The number of nitrogens with zero attached hydrogens (tertiary/aromatic N) is 1. The second kappa shape index (κ2) is 7.49. The minimum Gasteiger partial charge on any atom is -0.276 e. The smallest absolute Gasteiger partial charge is 0.262 e. The number of carbonyl (C=O) groups is 1. The van der Waals surface area contributed by atoms with Crippen molar-refractivity contribution in [3.8, 4) is 0 Å². The van der Waals surface area contributed by atoms with Gasteiger partial charge in [-0.3, -0.25) is 9.69 Å². The first-order valence-electron chi connectivity index (χ1n) is 9.19. The SMILES string of the molecule is Cc1ccc(C)c(N2C(=O)/C(=C\c3ccc(Cl)cc3)C=C2c2ccccc2)c1. The van der Waals surface area contributed by atoms with Gasteiger partial charge in [0.25, 0.3) is 5.91 Å². The van der Waals surface area contributed by atoms with E-state index in [2.05, 4.69) is 18.2 Å². The van der Waals surface area contributed by atoms with Crippen molar-refractivity contribution >= 4 is 35.0 Å². The van der Waals surface area contributed by atoms with Gasteiger partial charge in [0.2, 0.25) is 0 Å². The van der Waals surface area contributed by atoms with Crippen LogP contribution in [0.3, 0.4) is 0 Å². The van der Waals surface area contributed by atoms with Gasteiger partial charge in [0, 0.05) is 10.6 Å². The molecule has 3 aromatic carbocycles. The molecule has 0 saturated heterocycles. The monoisotopic (exact) mass is 385 g/mol. The third-order valence-electron chi connectivity index (χ3n) is 4.85. The molecule has 1 amide bonds. The Hall–Kier alpha value is -3.10. The number of benzene rings is 3. The van der Waals surface area contributed by atoms with E-state index in [4.69, 9.17) is 11.6 Å². The van der Waals surface area contributed by atoms with Crippen LogP contribution in [0.5, 0.6) is 0 Å². The molecule has 28 heavy (non-hydrogen) atoms. The Morgan fingerprint density at radius 1 is 0.893 bits per heavy atom. The summed E-state index contributed by atoms with van der Waals surface area (Å²) < 4.78 is 0. The van der Waals surface area contributed by atoms with Crippen LogP contribution in [-0.2, 0) is 4.79 Å². The lowest BCUT2D eigenvalue weighted by Gasteiger charge is -2.23. The van der Waals surface area contributed by atoms with E-state index >= 15 is 0 Å². The highest BCUT2D eigenvalue weighted by Crippen LogP contribution is 2.37. The second-order valence-corrected chi connectivity index (χ2v) is 7.41. The molecule has 0 atom stereocenters. The van der Waals surface area contributed by atoms with E-state index < -0.39 is 0 Å². The van der Waals surface area contributed by atoms with Gasteiger partial charge in [0.1, 0.15) is 0 Å². The fourth-order valence-corrected chi connectivity index (χ4v) is 3.50. The lowest BCUT2D eigenvalue weighted by atomic mass is 10.1. The van der Waals surface area contributed by atoms with Gasteiger partial charge in [-0.05, 0) is 66.5 Å². The highest BCUT2D eigenvalue weighted by Gasteiger charge is 2.31. The van der Waals surface area contributed by atoms with Crippen molar-refractivity contribution in [1.29, 1.82) is 0 Å². The molecular weight excluding hydrogens is 366 g/mol. The van der Waals surface area contributed by atoms with Crippen molar-refractivity contribution < 1.29 is 4.79 Å². The fourth-order valence-electron chi connectivity index (χ4n) is 3.37. The van der Waals surface area contributed by atoms with Crippen LogP contribution in [0.2, 0.25) is 5.02 Å². The molecule has 0 fully saturated rings. The normalized spacial score (nSPS) is 15.2. The van der Waals surface area contributed by atoms with E-state index in [0.717, 1.165) is 33.6 Å². The zero-order valence-corrected chi connectivity index (χ0v) is 16.6. The maximum absolute atomic E-state index is 13.4. The molecule has 1 aliphatic heterocycles. The largest absolute Gasteiger partial charge is 0.276 e. The maximum Gasteiger partial charge on any atom is 0.262 e. The Kier molecular flexibility index (Phi) is 4.89. The van der Waals surface area contributed by atoms with Crippen LogP contribution in [0.4, 0.5) is 5.69 Å². The number of rotatable bonds is 3. The van der Waals surface area contributed by atoms with Gasteiger partial charge in [-0.25, -0.2) is 0 Å². The quantitative estimate of drug-likeness (QED) is 0.476. The summed E-state index contributed by atoms with van der Waals surface area (Å²) in [7, 11) is 0. The average Bonchev–Trinajstić information content (AvgIpc) is 3.02. The third kappa shape index (κ3) is 3.51. The van der Waals surface area contributed by atoms with Gasteiger partial charge in [-0.1, -0.05) is 66.2 Å². The molecule has 0 unspecified atom stereocenters. The molecule has 2 nitrogen and oxygen atoms in total. The predicted molar refractivity (Wildman–Crippen MR) is 117 cm³/mol. The van der Waals surface area contributed by atoms with Gasteiger partial charge in [-0.15, -0.1) is 0 Å². The fraction of sp³-hybridized carbons (Fsp3) is 0.0800. The summed E-state index contributed by atoms with van der Waals surface area (Å²) in [5.41, 5.74) is 6.60. The van der Waals surface area contributed by atoms with Crippen LogP contribution in [0.25, 0.3) is 11.8 Å². The molecule has 1 aliphatic rings. The summed E-state index contributed by atoms with van der Waals surface area (Å²) >= 11 is 5.99. The van der Waals surface area contributed by atoms with Gasteiger partial charge >= 0.3 is 0 Å². The molecule has 0 aliphatic carbocycles. The van der Waals surface area contributed by atoms with Crippen molar-refractivity contribution in [3.63, 3.8) is 0 Å². The number of hydrogen-bond acceptors (Lipinski definition) is 1. The van der Waals surface area contributed by atoms with E-state index in [9.17, 15) is 4.79 Å². The second-order valence-electron chi connectivity index (χ2n) is 6.98. The first kappa shape index (κ1) is 18.3. The van der Waals surface area contributed by atoms with E-state index in [0.29, 0.717) is 10.6 Å². The van der Waals surface area contributed by atoms with Crippen molar-refractivity contribution in [2.75, 3.05) is 4.90 Å². The van der Waals surface area contributed by atoms with E-state index in [1.165, 1.54) is 0 Å². The Bertz CT molecular complexity index is 1100. The maximum atomic E-state index is 13.4. The minimum absolute atomic E-state index is 0.0255. The molecular formula is C25H20ClNO. The Morgan fingerprint density at radius 2 is 1.61 bits per heavy atom. The molecule has 1 heterocycles. The summed E-state index contributed by atoms with van der Waals surface area (Å²) in [5.74, 6) is -0.0255. The molecule has 0 saturated carbocycles. The van der Waals surface area contributed by atoms with Crippen molar-refractivity contribution in [3.05, 3.63) is 112 Å². The lowest BCUT2D eigenvalue weighted by molar-refractivity contribution is -0.113. The van der Waals surface area contributed by atoms with Crippen LogP contribution >= 0.6 is 11.6 Å². The molecule has 0 radical (unpaired) electrons. The molecule has 3 heteroatoms. The highest BCUT2D eigenvalue weighted by atomic mass is 35.5. The predicted octanol–water partition coefficient (Wildman–Crippen LogP) is 6.43. The standard InChI is InChI=1S/C25H20ClNO/c1-17-8-9-18(2)23(14-17)27-24(20-6-4-3-5-7-20)16-21(25(27)28)15-19-10-12-22(26)13-11-19/h3-16H,1-2H3/b21-15-. The first-order chi connectivity index (χ1) is 13.5. The molecule has 4 rings (SSSR count). The minimum atomic E-state index is -0.0255. The van der Waals surface area contributed by atoms with E-state index in [-0.39, 0.29) is 5.91 Å². The van der Waals surface area contributed by atoms with E-state index in [1.54, 1.807) is 0 Å². The van der Waals surface area contributed by atoms with Crippen LogP contribution in [0.1, 0.15) is 22.3 Å².